The highest BCUT2D eigenvalue weighted by molar-refractivity contribution is 6.08. The van der Waals surface area contributed by atoms with Crippen LogP contribution in [0.2, 0.25) is 0 Å². The van der Waals surface area contributed by atoms with Gasteiger partial charge in [-0.2, -0.15) is 0 Å². The molecule has 1 atom stereocenters. The van der Waals surface area contributed by atoms with Crippen LogP contribution in [0, 0.1) is 6.92 Å². The molecule has 2 rings (SSSR count). The van der Waals surface area contributed by atoms with E-state index < -0.39 is 42.5 Å². The number of nitrogens with zero attached hydrogens (tertiary/aromatic N) is 1. The van der Waals surface area contributed by atoms with Crippen molar-refractivity contribution in [3.05, 3.63) is 35.4 Å². The van der Waals surface area contributed by atoms with Crippen LogP contribution in [0.25, 0.3) is 0 Å². The predicted molar refractivity (Wildman–Crippen MR) is 83.8 cm³/mol. The molecule has 8 nitrogen and oxygen atoms in total. The summed E-state index contributed by atoms with van der Waals surface area (Å²) in [4.78, 5) is 48.2. The first kappa shape index (κ1) is 17.5. The number of imide groups is 1. The van der Waals surface area contributed by atoms with Gasteiger partial charge < -0.3 is 15.4 Å². The summed E-state index contributed by atoms with van der Waals surface area (Å²) in [6, 6.07) is 6.49. The Balaban J connectivity index is 2.09. The summed E-state index contributed by atoms with van der Waals surface area (Å²) in [5, 5.41) is 4.89. The Hall–Kier alpha value is -2.90. The SMILES string of the molecule is CNC(=O)COC(=O)CN1C(=O)N[C@](C)(c2ccc(C)cc2)C1=O. The summed E-state index contributed by atoms with van der Waals surface area (Å²) in [6.45, 7) is 2.47. The largest absolute Gasteiger partial charge is 0.454 e. The maximum absolute atomic E-state index is 12.6. The van der Waals surface area contributed by atoms with Crippen molar-refractivity contribution < 1.29 is 23.9 Å². The molecule has 128 valence electrons. The second-order valence-corrected chi connectivity index (χ2v) is 5.65. The van der Waals surface area contributed by atoms with Gasteiger partial charge in [0.05, 0.1) is 0 Å². The van der Waals surface area contributed by atoms with Crippen LogP contribution in [0.1, 0.15) is 18.1 Å². The smallest absolute Gasteiger partial charge is 0.326 e. The second-order valence-electron chi connectivity index (χ2n) is 5.65. The molecule has 0 aromatic heterocycles. The van der Waals surface area contributed by atoms with Gasteiger partial charge in [0.1, 0.15) is 12.1 Å². The third kappa shape index (κ3) is 3.37. The van der Waals surface area contributed by atoms with Crippen LogP contribution in [0.3, 0.4) is 0 Å². The van der Waals surface area contributed by atoms with Gasteiger partial charge in [-0.1, -0.05) is 29.8 Å². The number of nitrogens with one attached hydrogen (secondary N) is 2. The number of ether oxygens (including phenoxy) is 1. The molecule has 1 heterocycles. The van der Waals surface area contributed by atoms with Crippen LogP contribution in [0.15, 0.2) is 24.3 Å². The lowest BCUT2D eigenvalue weighted by molar-refractivity contribution is -0.151. The van der Waals surface area contributed by atoms with E-state index in [1.807, 2.05) is 19.1 Å². The topological polar surface area (TPSA) is 105 Å². The van der Waals surface area contributed by atoms with E-state index in [2.05, 4.69) is 10.6 Å². The molecule has 4 amide bonds. The van der Waals surface area contributed by atoms with Crippen LogP contribution in [-0.2, 0) is 24.7 Å². The lowest BCUT2D eigenvalue weighted by Crippen LogP contribution is -2.41. The van der Waals surface area contributed by atoms with E-state index in [0.29, 0.717) is 5.56 Å². The lowest BCUT2D eigenvalue weighted by Gasteiger charge is -2.22. The molecule has 1 saturated heterocycles. The number of likely N-dealkylation sites (N-methyl/N-ethyl adjacent to an activating group) is 1. The first-order valence-electron chi connectivity index (χ1n) is 7.35. The van der Waals surface area contributed by atoms with Crippen molar-refractivity contribution in [1.29, 1.82) is 0 Å². The predicted octanol–water partition coefficient (Wildman–Crippen LogP) is 0.0512. The van der Waals surface area contributed by atoms with Crippen LogP contribution >= 0.6 is 0 Å². The molecule has 1 aliphatic rings. The van der Waals surface area contributed by atoms with Crippen molar-refractivity contribution in [2.45, 2.75) is 19.4 Å². The summed E-state index contributed by atoms with van der Waals surface area (Å²) in [5.74, 6) is -1.87. The average molecular weight is 333 g/mol. The molecule has 0 unspecified atom stereocenters. The Morgan fingerprint density at radius 3 is 2.46 bits per heavy atom. The van der Waals surface area contributed by atoms with Crippen molar-refractivity contribution in [2.24, 2.45) is 0 Å². The quantitative estimate of drug-likeness (QED) is 0.585. The fraction of sp³-hybridized carbons (Fsp3) is 0.375. The number of esters is 1. The molecule has 0 radical (unpaired) electrons. The van der Waals surface area contributed by atoms with Gasteiger partial charge in [-0.25, -0.2) is 4.79 Å². The number of hydrogen-bond donors (Lipinski definition) is 2. The molecule has 0 bridgehead atoms. The molecule has 1 aromatic carbocycles. The monoisotopic (exact) mass is 333 g/mol. The fourth-order valence-electron chi connectivity index (χ4n) is 2.32. The van der Waals surface area contributed by atoms with E-state index in [1.165, 1.54) is 7.05 Å². The van der Waals surface area contributed by atoms with Gasteiger partial charge in [-0.3, -0.25) is 19.3 Å². The van der Waals surface area contributed by atoms with Gasteiger partial charge in [0.2, 0.25) is 0 Å². The molecular weight excluding hydrogens is 314 g/mol. The molecule has 0 aliphatic carbocycles. The van der Waals surface area contributed by atoms with Gasteiger partial charge >= 0.3 is 12.0 Å². The number of benzene rings is 1. The first-order chi connectivity index (χ1) is 11.3. The number of hydrogen-bond acceptors (Lipinski definition) is 5. The second kappa shape index (κ2) is 6.69. The highest BCUT2D eigenvalue weighted by Gasteiger charge is 2.49. The van der Waals surface area contributed by atoms with E-state index in [0.717, 1.165) is 10.5 Å². The van der Waals surface area contributed by atoms with Crippen LogP contribution in [-0.4, -0.2) is 48.9 Å². The third-order valence-corrected chi connectivity index (χ3v) is 3.83. The van der Waals surface area contributed by atoms with Crippen LogP contribution in [0.4, 0.5) is 4.79 Å². The third-order valence-electron chi connectivity index (χ3n) is 3.83. The zero-order chi connectivity index (χ0) is 17.9. The molecule has 0 saturated carbocycles. The number of rotatable bonds is 5. The molecule has 1 aliphatic heterocycles. The normalized spacial score (nSPS) is 19.9. The fourth-order valence-corrected chi connectivity index (χ4v) is 2.32. The summed E-state index contributed by atoms with van der Waals surface area (Å²) < 4.78 is 4.72. The molecule has 8 heteroatoms. The standard InChI is InChI=1S/C16H19N3O5/c1-10-4-6-11(7-5-10)16(2)14(22)19(15(23)18-16)8-13(21)24-9-12(20)17-3/h4-7H,8-9H2,1-3H3,(H,17,20)(H,18,23)/t16-/m1/s1. The Morgan fingerprint density at radius 2 is 1.88 bits per heavy atom. The highest BCUT2D eigenvalue weighted by Crippen LogP contribution is 2.28. The highest BCUT2D eigenvalue weighted by atomic mass is 16.5. The molecule has 1 aromatic rings. The number of amides is 4. The van der Waals surface area contributed by atoms with Gasteiger partial charge in [0, 0.05) is 7.05 Å². The minimum atomic E-state index is -1.24. The minimum Gasteiger partial charge on any atom is -0.454 e. The van der Waals surface area contributed by atoms with E-state index in [1.54, 1.807) is 19.1 Å². The van der Waals surface area contributed by atoms with E-state index in [9.17, 15) is 19.2 Å². The van der Waals surface area contributed by atoms with E-state index in [-0.39, 0.29) is 0 Å². The molecular formula is C16H19N3O5. The van der Waals surface area contributed by atoms with Crippen LogP contribution < -0.4 is 10.6 Å². The number of urea groups is 1. The van der Waals surface area contributed by atoms with Crippen molar-refractivity contribution in [2.75, 3.05) is 20.2 Å². The van der Waals surface area contributed by atoms with Crippen molar-refractivity contribution in [3.63, 3.8) is 0 Å². The Morgan fingerprint density at radius 1 is 1.25 bits per heavy atom. The molecule has 0 spiro atoms. The summed E-state index contributed by atoms with van der Waals surface area (Å²) in [7, 11) is 1.40. The van der Waals surface area contributed by atoms with Crippen molar-refractivity contribution in [1.82, 2.24) is 15.5 Å². The van der Waals surface area contributed by atoms with E-state index in [4.69, 9.17) is 4.74 Å². The zero-order valence-corrected chi connectivity index (χ0v) is 13.7. The van der Waals surface area contributed by atoms with Gasteiger partial charge in [-0.05, 0) is 19.4 Å². The number of carbonyl (C=O) groups is 4. The maximum Gasteiger partial charge on any atom is 0.326 e. The number of carbonyl (C=O) groups excluding carboxylic acids is 4. The first-order valence-corrected chi connectivity index (χ1v) is 7.35. The summed E-state index contributed by atoms with van der Waals surface area (Å²) in [5.41, 5.74) is 0.396. The van der Waals surface area contributed by atoms with Gasteiger partial charge in [0.15, 0.2) is 6.61 Å². The summed E-state index contributed by atoms with van der Waals surface area (Å²) >= 11 is 0. The molecule has 2 N–H and O–H groups in total. The number of aryl methyl sites for hydroxylation is 1. The van der Waals surface area contributed by atoms with E-state index >= 15 is 0 Å². The van der Waals surface area contributed by atoms with Gasteiger partial charge in [0.25, 0.3) is 11.8 Å². The zero-order valence-electron chi connectivity index (χ0n) is 13.7. The summed E-state index contributed by atoms with van der Waals surface area (Å²) in [6.07, 6.45) is 0. The Kier molecular flexibility index (Phi) is 4.87. The molecule has 1 fully saturated rings. The maximum atomic E-state index is 12.6. The molecule has 24 heavy (non-hydrogen) atoms. The Bertz CT molecular complexity index is 685. The lowest BCUT2D eigenvalue weighted by atomic mass is 9.91. The minimum absolute atomic E-state index is 0.464. The van der Waals surface area contributed by atoms with Gasteiger partial charge in [-0.15, -0.1) is 0 Å². The average Bonchev–Trinajstić information content (AvgIpc) is 2.77. The van der Waals surface area contributed by atoms with Crippen molar-refractivity contribution in [3.8, 4) is 0 Å². The van der Waals surface area contributed by atoms with Crippen LogP contribution in [0.5, 0.6) is 0 Å². The van der Waals surface area contributed by atoms with Crippen molar-refractivity contribution >= 4 is 23.8 Å². The Labute approximate surface area is 139 Å².